The van der Waals surface area contributed by atoms with Gasteiger partial charge in [0.2, 0.25) is 0 Å². The zero-order chi connectivity index (χ0) is 16.7. The number of aryl methyl sites for hydroxylation is 1. The van der Waals surface area contributed by atoms with Gasteiger partial charge in [0.25, 0.3) is 0 Å². The van der Waals surface area contributed by atoms with Crippen LogP contribution in [0.2, 0.25) is 0 Å². The molecule has 0 N–H and O–H groups in total. The molecule has 0 bridgehead atoms. The van der Waals surface area contributed by atoms with Crippen molar-refractivity contribution >= 4 is 21.8 Å². The van der Waals surface area contributed by atoms with Gasteiger partial charge in [0, 0.05) is 31.1 Å². The lowest BCUT2D eigenvalue weighted by molar-refractivity contribution is 0.177. The smallest absolute Gasteiger partial charge is 0.159 e. The highest BCUT2D eigenvalue weighted by Gasteiger charge is 2.34. The molecule has 1 aromatic rings. The molecule has 0 aromatic carbocycles. The van der Waals surface area contributed by atoms with Gasteiger partial charge >= 0.3 is 0 Å². The van der Waals surface area contributed by atoms with Crippen molar-refractivity contribution < 1.29 is 9.47 Å². The molecule has 0 radical (unpaired) electrons. The van der Waals surface area contributed by atoms with E-state index in [1.807, 2.05) is 19.2 Å². The van der Waals surface area contributed by atoms with Crippen molar-refractivity contribution in [3.8, 4) is 0 Å². The Kier molecular flexibility index (Phi) is 3.97. The van der Waals surface area contributed by atoms with Crippen LogP contribution < -0.4 is 0 Å². The van der Waals surface area contributed by atoms with E-state index in [2.05, 4.69) is 35.8 Å². The highest BCUT2D eigenvalue weighted by atomic mass is 79.9. The van der Waals surface area contributed by atoms with Crippen LogP contribution in [-0.2, 0) is 16.1 Å². The quantitative estimate of drug-likeness (QED) is 0.796. The van der Waals surface area contributed by atoms with Gasteiger partial charge in [0.1, 0.15) is 18.9 Å². The second-order valence-corrected chi connectivity index (χ2v) is 6.72. The number of hydrogen-bond donors (Lipinski definition) is 0. The molecular formula is C17H17BrN4O2. The molecule has 0 fully saturated rings. The SMILES string of the molecule is COCc1nc(C)cc(C2=NC=C3C(Br)=COCC4=C3N2CC4)n1. The van der Waals surface area contributed by atoms with Crippen molar-refractivity contribution in [3.05, 3.63) is 57.1 Å². The number of hydrogen-bond acceptors (Lipinski definition) is 6. The van der Waals surface area contributed by atoms with Crippen LogP contribution in [0.15, 0.2) is 44.8 Å². The topological polar surface area (TPSA) is 59.8 Å². The second-order valence-electron chi connectivity index (χ2n) is 5.87. The van der Waals surface area contributed by atoms with Crippen LogP contribution in [0, 0.1) is 6.92 Å². The zero-order valence-corrected chi connectivity index (χ0v) is 15.1. The van der Waals surface area contributed by atoms with E-state index in [0.29, 0.717) is 19.0 Å². The molecule has 3 aliphatic heterocycles. The van der Waals surface area contributed by atoms with Gasteiger partial charge < -0.3 is 14.4 Å². The summed E-state index contributed by atoms with van der Waals surface area (Å²) >= 11 is 3.58. The Morgan fingerprint density at radius 3 is 3.08 bits per heavy atom. The molecule has 0 atom stereocenters. The summed E-state index contributed by atoms with van der Waals surface area (Å²) < 4.78 is 11.7. The number of amidine groups is 1. The first kappa shape index (κ1) is 15.5. The maximum atomic E-state index is 5.61. The molecule has 4 heterocycles. The van der Waals surface area contributed by atoms with Crippen LogP contribution >= 0.6 is 15.9 Å². The Morgan fingerprint density at radius 2 is 2.25 bits per heavy atom. The summed E-state index contributed by atoms with van der Waals surface area (Å²) in [5.74, 6) is 1.53. The van der Waals surface area contributed by atoms with E-state index < -0.39 is 0 Å². The van der Waals surface area contributed by atoms with E-state index in [1.54, 1.807) is 13.4 Å². The van der Waals surface area contributed by atoms with Crippen molar-refractivity contribution in [2.45, 2.75) is 20.0 Å². The molecule has 0 aliphatic carbocycles. The maximum Gasteiger partial charge on any atom is 0.159 e. The molecule has 4 rings (SSSR count). The Bertz CT molecular complexity index is 826. The normalized spacial score (nSPS) is 19.3. The van der Waals surface area contributed by atoms with Gasteiger partial charge in [0.05, 0.1) is 16.4 Å². The van der Waals surface area contributed by atoms with Crippen LogP contribution in [0.5, 0.6) is 0 Å². The lowest BCUT2D eigenvalue weighted by Crippen LogP contribution is -2.32. The maximum absolute atomic E-state index is 5.61. The monoisotopic (exact) mass is 388 g/mol. The third-order valence-electron chi connectivity index (χ3n) is 4.17. The van der Waals surface area contributed by atoms with Crippen LogP contribution in [-0.4, -0.2) is 41.0 Å². The standard InChI is InChI=1S/C17H17BrN4O2/c1-10-5-14(21-15(20-10)9-23-2)17-19-6-12-13(18)8-24-7-11-3-4-22(17)16(11)12/h5-6,8H,3-4,7,9H2,1-2H3. The van der Waals surface area contributed by atoms with Crippen molar-refractivity contribution in [1.82, 2.24) is 14.9 Å². The van der Waals surface area contributed by atoms with E-state index in [-0.39, 0.29) is 0 Å². The fourth-order valence-corrected chi connectivity index (χ4v) is 3.63. The minimum absolute atomic E-state index is 0.388. The van der Waals surface area contributed by atoms with Crippen molar-refractivity contribution in [1.29, 1.82) is 0 Å². The molecular weight excluding hydrogens is 372 g/mol. The fraction of sp³-hybridized carbons (Fsp3) is 0.353. The van der Waals surface area contributed by atoms with Gasteiger partial charge in [-0.1, -0.05) is 0 Å². The summed E-state index contributed by atoms with van der Waals surface area (Å²) in [4.78, 5) is 16.0. The number of rotatable bonds is 3. The second kappa shape index (κ2) is 6.14. The highest BCUT2D eigenvalue weighted by Crippen LogP contribution is 2.39. The predicted molar refractivity (Wildman–Crippen MR) is 93.4 cm³/mol. The van der Waals surface area contributed by atoms with Gasteiger partial charge in [-0.3, -0.25) is 0 Å². The number of methoxy groups -OCH3 is 1. The molecule has 124 valence electrons. The summed E-state index contributed by atoms with van der Waals surface area (Å²) in [7, 11) is 1.64. The average molecular weight is 389 g/mol. The lowest BCUT2D eigenvalue weighted by Gasteiger charge is -2.28. The van der Waals surface area contributed by atoms with E-state index in [1.165, 1.54) is 11.3 Å². The molecule has 0 unspecified atom stereocenters. The summed E-state index contributed by atoms with van der Waals surface area (Å²) in [6, 6.07) is 1.97. The van der Waals surface area contributed by atoms with E-state index >= 15 is 0 Å². The zero-order valence-electron chi connectivity index (χ0n) is 13.5. The van der Waals surface area contributed by atoms with Gasteiger partial charge in [-0.05, 0) is 40.9 Å². The summed E-state index contributed by atoms with van der Waals surface area (Å²) in [6.07, 6.45) is 4.60. The Balaban J connectivity index is 1.81. The molecule has 1 aromatic heterocycles. The molecule has 0 spiro atoms. The van der Waals surface area contributed by atoms with Gasteiger partial charge in [0.15, 0.2) is 11.7 Å². The predicted octanol–water partition coefficient (Wildman–Crippen LogP) is 2.80. The van der Waals surface area contributed by atoms with Crippen LogP contribution in [0.1, 0.15) is 23.6 Å². The minimum Gasteiger partial charge on any atom is -0.496 e. The van der Waals surface area contributed by atoms with Gasteiger partial charge in [-0.2, -0.15) is 0 Å². The first-order valence-electron chi connectivity index (χ1n) is 7.77. The van der Waals surface area contributed by atoms with E-state index in [0.717, 1.165) is 40.2 Å². The van der Waals surface area contributed by atoms with E-state index in [9.17, 15) is 0 Å². The summed E-state index contributed by atoms with van der Waals surface area (Å²) in [5, 5.41) is 0. The number of allylic oxidation sites excluding steroid dienone is 1. The van der Waals surface area contributed by atoms with Crippen LogP contribution in [0.3, 0.4) is 0 Å². The first-order chi connectivity index (χ1) is 11.7. The van der Waals surface area contributed by atoms with E-state index in [4.69, 9.17) is 9.47 Å². The molecule has 0 saturated carbocycles. The number of aliphatic imine (C=N–C) groups is 1. The largest absolute Gasteiger partial charge is 0.496 e. The number of nitrogens with zero attached hydrogens (tertiary/aromatic N) is 4. The minimum atomic E-state index is 0.388. The molecule has 6 nitrogen and oxygen atoms in total. The Hall–Kier alpha value is -1.99. The third-order valence-corrected chi connectivity index (χ3v) is 4.79. The van der Waals surface area contributed by atoms with Crippen molar-refractivity contribution in [2.75, 3.05) is 20.3 Å². The molecule has 0 amide bonds. The number of halogens is 1. The van der Waals surface area contributed by atoms with Crippen molar-refractivity contribution in [2.24, 2.45) is 4.99 Å². The lowest BCUT2D eigenvalue weighted by atomic mass is 10.1. The molecule has 7 heteroatoms. The van der Waals surface area contributed by atoms with Crippen LogP contribution in [0.25, 0.3) is 0 Å². The third kappa shape index (κ3) is 2.57. The fourth-order valence-electron chi connectivity index (χ4n) is 3.21. The number of aromatic nitrogens is 2. The Labute approximate surface area is 148 Å². The molecule has 3 aliphatic rings. The molecule has 0 saturated heterocycles. The molecule has 24 heavy (non-hydrogen) atoms. The summed E-state index contributed by atoms with van der Waals surface area (Å²) in [5.41, 5.74) is 5.27. The Morgan fingerprint density at radius 1 is 1.38 bits per heavy atom. The highest BCUT2D eigenvalue weighted by molar-refractivity contribution is 9.12. The average Bonchev–Trinajstić information content (AvgIpc) is 2.90. The van der Waals surface area contributed by atoms with Gasteiger partial charge in [-0.15, -0.1) is 0 Å². The van der Waals surface area contributed by atoms with Crippen LogP contribution in [0.4, 0.5) is 0 Å². The van der Waals surface area contributed by atoms with Crippen molar-refractivity contribution in [3.63, 3.8) is 0 Å². The number of ether oxygens (including phenoxy) is 2. The summed E-state index contributed by atoms with van der Waals surface area (Å²) in [6.45, 7) is 3.85. The first-order valence-corrected chi connectivity index (χ1v) is 8.56. The van der Waals surface area contributed by atoms with Gasteiger partial charge in [-0.25, -0.2) is 15.0 Å².